The lowest BCUT2D eigenvalue weighted by Gasteiger charge is -2.35. The Labute approximate surface area is 172 Å². The molecule has 1 fully saturated rings. The van der Waals surface area contributed by atoms with Gasteiger partial charge in [-0.05, 0) is 36.6 Å². The highest BCUT2D eigenvalue weighted by atomic mass is 31.2. The van der Waals surface area contributed by atoms with Crippen LogP contribution in [0.5, 0.6) is 0 Å². The molecule has 0 saturated carbocycles. The maximum Gasteiger partial charge on any atom is 0.292 e. The van der Waals surface area contributed by atoms with Crippen molar-refractivity contribution >= 4 is 25.0 Å². The molecule has 1 saturated heterocycles. The van der Waals surface area contributed by atoms with E-state index in [1.807, 2.05) is 36.5 Å². The molecule has 150 valence electrons. The second-order valence-corrected chi connectivity index (χ2v) is 11.0. The van der Waals surface area contributed by atoms with Crippen molar-refractivity contribution in [2.24, 2.45) is 5.10 Å². The first kappa shape index (κ1) is 18.7. The van der Waals surface area contributed by atoms with Gasteiger partial charge < -0.3 is 4.90 Å². The number of para-hydroxylation sites is 2. The minimum absolute atomic E-state index is 0.241. The van der Waals surface area contributed by atoms with Gasteiger partial charge in [0.25, 0.3) is 7.44 Å². The summed E-state index contributed by atoms with van der Waals surface area (Å²) in [6, 6.07) is 18.4. The molecule has 6 heteroatoms. The Kier molecular flexibility index (Phi) is 4.23. The van der Waals surface area contributed by atoms with Gasteiger partial charge in [-0.15, -0.1) is 0 Å². The second-order valence-electron chi connectivity index (χ2n) is 8.51. The van der Waals surface area contributed by atoms with Crippen LogP contribution in [0.2, 0.25) is 0 Å². The molecular formula is C23H27N4OP. The van der Waals surface area contributed by atoms with Crippen LogP contribution in [0.3, 0.4) is 0 Å². The first-order valence-corrected chi connectivity index (χ1v) is 11.9. The van der Waals surface area contributed by atoms with Crippen LogP contribution in [0, 0.1) is 0 Å². The quantitative estimate of drug-likeness (QED) is 0.624. The van der Waals surface area contributed by atoms with Crippen LogP contribution in [-0.2, 0) is 9.98 Å². The van der Waals surface area contributed by atoms with Gasteiger partial charge in [0.1, 0.15) is 0 Å². The van der Waals surface area contributed by atoms with Crippen molar-refractivity contribution in [1.82, 2.24) is 4.67 Å². The Morgan fingerprint density at radius 2 is 1.62 bits per heavy atom. The molecule has 3 aliphatic heterocycles. The van der Waals surface area contributed by atoms with Gasteiger partial charge in [0.15, 0.2) is 0 Å². The number of benzene rings is 2. The van der Waals surface area contributed by atoms with Gasteiger partial charge in [-0.3, -0.25) is 4.57 Å². The summed E-state index contributed by atoms with van der Waals surface area (Å²) >= 11 is 0. The van der Waals surface area contributed by atoms with Crippen molar-refractivity contribution in [3.05, 3.63) is 71.2 Å². The Bertz CT molecular complexity index is 1050. The van der Waals surface area contributed by atoms with Crippen molar-refractivity contribution in [1.29, 1.82) is 0 Å². The summed E-state index contributed by atoms with van der Waals surface area (Å²) in [5.41, 5.74) is 4.18. The van der Waals surface area contributed by atoms with E-state index in [4.69, 9.17) is 5.10 Å². The van der Waals surface area contributed by atoms with E-state index in [1.165, 1.54) is 11.3 Å². The van der Waals surface area contributed by atoms with Crippen LogP contribution in [0.4, 0.5) is 11.4 Å². The van der Waals surface area contributed by atoms with E-state index in [0.717, 1.165) is 42.6 Å². The van der Waals surface area contributed by atoms with Gasteiger partial charge in [-0.25, -0.2) is 4.67 Å². The standard InChI is InChI=1S/C23H27N4OP/c1-23(2)19-13-7-8-14-20(19)25(3)22(23)21-17-24-27(18-11-5-4-6-12-18)29(21,28)26-15-9-10-16-26/h4-8,11-14,17H,9-10,15-16H2,1-3H3/b22-21-. The fourth-order valence-corrected chi connectivity index (χ4v) is 8.16. The van der Waals surface area contributed by atoms with Crippen LogP contribution in [0.1, 0.15) is 32.3 Å². The number of hydrogen-bond acceptors (Lipinski definition) is 3. The SMILES string of the molecule is CN1/C(=C2/C=NN(c3ccccc3)P2(=O)N2CCCC2)C(C)(C)c2ccccc21. The van der Waals surface area contributed by atoms with E-state index in [2.05, 4.69) is 54.7 Å². The molecule has 0 radical (unpaired) electrons. The molecule has 2 aromatic rings. The lowest BCUT2D eigenvalue weighted by molar-refractivity contribution is 0.478. The van der Waals surface area contributed by atoms with E-state index in [1.54, 1.807) is 4.78 Å². The summed E-state index contributed by atoms with van der Waals surface area (Å²) in [5, 5.41) is 5.58. The minimum Gasteiger partial charge on any atom is -0.346 e. The normalized spacial score (nSPS) is 28.4. The molecule has 1 atom stereocenters. The summed E-state index contributed by atoms with van der Waals surface area (Å²) in [6.45, 7) is 6.14. The topological polar surface area (TPSA) is 39.1 Å². The van der Waals surface area contributed by atoms with Crippen LogP contribution in [0.25, 0.3) is 0 Å². The average Bonchev–Trinajstić information content (AvgIpc) is 3.42. The van der Waals surface area contributed by atoms with Gasteiger partial charge in [-0.2, -0.15) is 9.88 Å². The molecular weight excluding hydrogens is 379 g/mol. The molecule has 0 aromatic heterocycles. The van der Waals surface area contributed by atoms with Gasteiger partial charge >= 0.3 is 0 Å². The monoisotopic (exact) mass is 406 g/mol. The summed E-state index contributed by atoms with van der Waals surface area (Å²) in [7, 11) is -0.986. The smallest absolute Gasteiger partial charge is 0.292 e. The summed E-state index contributed by atoms with van der Waals surface area (Å²) in [5.74, 6) is 0. The molecule has 0 bridgehead atoms. The Morgan fingerprint density at radius 3 is 2.31 bits per heavy atom. The number of hydrogen-bond donors (Lipinski definition) is 0. The largest absolute Gasteiger partial charge is 0.346 e. The molecule has 5 rings (SSSR count). The number of anilines is 2. The van der Waals surface area contributed by atoms with E-state index in [9.17, 15) is 4.57 Å². The highest BCUT2D eigenvalue weighted by Crippen LogP contribution is 2.67. The lowest BCUT2D eigenvalue weighted by Crippen LogP contribution is -2.30. The fraction of sp³-hybridized carbons (Fsp3) is 0.348. The first-order chi connectivity index (χ1) is 14.0. The van der Waals surface area contributed by atoms with E-state index in [0.29, 0.717) is 0 Å². The van der Waals surface area contributed by atoms with Crippen LogP contribution in [-0.4, -0.2) is 31.0 Å². The Morgan fingerprint density at radius 1 is 0.966 bits per heavy atom. The molecule has 0 amide bonds. The number of rotatable bonds is 2. The summed E-state index contributed by atoms with van der Waals surface area (Å²) < 4.78 is 18.8. The molecule has 5 nitrogen and oxygen atoms in total. The zero-order valence-electron chi connectivity index (χ0n) is 17.2. The maximum atomic E-state index is 14.9. The number of likely N-dealkylation sites (N-methyl/N-ethyl adjacent to an activating group) is 1. The first-order valence-electron chi connectivity index (χ1n) is 10.3. The van der Waals surface area contributed by atoms with Gasteiger partial charge in [0.2, 0.25) is 0 Å². The van der Waals surface area contributed by atoms with Crippen molar-refractivity contribution in [2.45, 2.75) is 32.1 Å². The van der Waals surface area contributed by atoms with Gasteiger partial charge in [-0.1, -0.05) is 50.2 Å². The van der Waals surface area contributed by atoms with Gasteiger partial charge in [0.05, 0.1) is 17.2 Å². The summed E-state index contributed by atoms with van der Waals surface area (Å²) in [6.07, 6.45) is 4.01. The van der Waals surface area contributed by atoms with E-state index >= 15 is 0 Å². The number of nitrogens with zero attached hydrogens (tertiary/aromatic N) is 4. The zero-order valence-corrected chi connectivity index (χ0v) is 18.1. The fourth-order valence-electron chi connectivity index (χ4n) is 5.04. The lowest BCUT2D eigenvalue weighted by atomic mass is 9.84. The Hall–Kier alpha value is -2.36. The average molecular weight is 406 g/mol. The molecule has 0 spiro atoms. The summed E-state index contributed by atoms with van der Waals surface area (Å²) in [4.78, 5) is 2.22. The third-order valence-corrected chi connectivity index (χ3v) is 9.39. The van der Waals surface area contributed by atoms with E-state index in [-0.39, 0.29) is 5.41 Å². The molecule has 3 heterocycles. The highest BCUT2D eigenvalue weighted by molar-refractivity contribution is 7.69. The highest BCUT2D eigenvalue weighted by Gasteiger charge is 2.51. The molecule has 0 aliphatic carbocycles. The number of fused-ring (bicyclic) bond motifs is 1. The van der Waals surface area contributed by atoms with Crippen molar-refractivity contribution in [3.63, 3.8) is 0 Å². The predicted octanol–water partition coefficient (Wildman–Crippen LogP) is 5.42. The number of allylic oxidation sites excluding steroid dienone is 2. The maximum absolute atomic E-state index is 14.9. The zero-order chi connectivity index (χ0) is 20.2. The molecule has 3 aliphatic rings. The molecule has 1 unspecified atom stereocenters. The van der Waals surface area contributed by atoms with E-state index < -0.39 is 7.44 Å². The molecule has 0 N–H and O–H groups in total. The third kappa shape index (κ3) is 2.57. The van der Waals surface area contributed by atoms with Crippen molar-refractivity contribution in [3.8, 4) is 0 Å². The third-order valence-electron chi connectivity index (χ3n) is 6.42. The van der Waals surface area contributed by atoms with Crippen LogP contribution < -0.4 is 9.68 Å². The molecule has 29 heavy (non-hydrogen) atoms. The molecule has 2 aromatic carbocycles. The predicted molar refractivity (Wildman–Crippen MR) is 121 cm³/mol. The van der Waals surface area contributed by atoms with Gasteiger partial charge in [0, 0.05) is 36.9 Å². The number of hydrazone groups is 1. The van der Waals surface area contributed by atoms with Crippen LogP contribution >= 0.6 is 7.44 Å². The van der Waals surface area contributed by atoms with Crippen LogP contribution in [0.15, 0.2) is 70.7 Å². The van der Waals surface area contributed by atoms with Crippen molar-refractivity contribution in [2.75, 3.05) is 29.8 Å². The Balaban J connectivity index is 1.73. The second kappa shape index (κ2) is 6.58. The van der Waals surface area contributed by atoms with Crippen molar-refractivity contribution < 1.29 is 4.57 Å². The minimum atomic E-state index is -3.07.